The summed E-state index contributed by atoms with van der Waals surface area (Å²) in [6.07, 6.45) is 1.51. The summed E-state index contributed by atoms with van der Waals surface area (Å²) in [6, 6.07) is 3.08. The minimum absolute atomic E-state index is 0.113. The summed E-state index contributed by atoms with van der Waals surface area (Å²) in [5.41, 5.74) is 7.11. The van der Waals surface area contributed by atoms with Crippen molar-refractivity contribution in [1.82, 2.24) is 5.32 Å². The van der Waals surface area contributed by atoms with E-state index in [-0.39, 0.29) is 11.7 Å². The van der Waals surface area contributed by atoms with E-state index in [1.807, 2.05) is 13.8 Å². The SMILES string of the molecule is CCC(N)(CC)CNC(=O)c1cc(C)c(OC(F)F)c(C)c1. The van der Waals surface area contributed by atoms with Gasteiger partial charge in [0.05, 0.1) is 0 Å². The maximum Gasteiger partial charge on any atom is 0.387 e. The van der Waals surface area contributed by atoms with Crippen molar-refractivity contribution in [2.45, 2.75) is 52.7 Å². The van der Waals surface area contributed by atoms with Gasteiger partial charge >= 0.3 is 6.61 Å². The van der Waals surface area contributed by atoms with Gasteiger partial charge in [-0.1, -0.05) is 13.8 Å². The van der Waals surface area contributed by atoms with Crippen molar-refractivity contribution in [3.63, 3.8) is 0 Å². The zero-order chi connectivity index (χ0) is 16.9. The molecule has 0 fully saturated rings. The van der Waals surface area contributed by atoms with E-state index in [0.717, 1.165) is 12.8 Å². The molecule has 0 atom stereocenters. The van der Waals surface area contributed by atoms with Crippen molar-refractivity contribution in [3.05, 3.63) is 28.8 Å². The lowest BCUT2D eigenvalue weighted by atomic mass is 9.94. The third kappa shape index (κ3) is 4.66. The van der Waals surface area contributed by atoms with E-state index in [1.165, 1.54) is 12.1 Å². The van der Waals surface area contributed by atoms with Gasteiger partial charge in [0.25, 0.3) is 5.91 Å². The predicted octanol–water partition coefficient (Wildman–Crippen LogP) is 3.15. The van der Waals surface area contributed by atoms with E-state index in [4.69, 9.17) is 5.73 Å². The first kappa shape index (κ1) is 18.4. The Labute approximate surface area is 130 Å². The summed E-state index contributed by atoms with van der Waals surface area (Å²) < 4.78 is 29.2. The zero-order valence-corrected chi connectivity index (χ0v) is 13.5. The van der Waals surface area contributed by atoms with Gasteiger partial charge in [0.2, 0.25) is 0 Å². The largest absolute Gasteiger partial charge is 0.434 e. The summed E-state index contributed by atoms with van der Waals surface area (Å²) in [6.45, 7) is 4.69. The monoisotopic (exact) mass is 314 g/mol. The Hall–Kier alpha value is -1.69. The second kappa shape index (κ2) is 7.54. The van der Waals surface area contributed by atoms with Crippen molar-refractivity contribution >= 4 is 5.91 Å². The van der Waals surface area contributed by atoms with Crippen LogP contribution in [0.1, 0.15) is 48.2 Å². The van der Waals surface area contributed by atoms with Crippen molar-refractivity contribution in [2.75, 3.05) is 6.54 Å². The Morgan fingerprint density at radius 2 is 1.77 bits per heavy atom. The van der Waals surface area contributed by atoms with Gasteiger partial charge in [-0.05, 0) is 49.9 Å². The Kier molecular flexibility index (Phi) is 6.29. The lowest BCUT2D eigenvalue weighted by Gasteiger charge is -2.26. The number of alkyl halides is 2. The number of carbonyl (C=O) groups is 1. The smallest absolute Gasteiger partial charge is 0.387 e. The van der Waals surface area contributed by atoms with E-state index in [2.05, 4.69) is 10.1 Å². The molecule has 0 heterocycles. The summed E-state index contributed by atoms with van der Waals surface area (Å²) in [7, 11) is 0. The fraction of sp³-hybridized carbons (Fsp3) is 0.562. The van der Waals surface area contributed by atoms with Gasteiger partial charge in [0.15, 0.2) is 0 Å². The highest BCUT2D eigenvalue weighted by Crippen LogP contribution is 2.26. The number of ether oxygens (including phenoxy) is 1. The first-order valence-corrected chi connectivity index (χ1v) is 7.35. The van der Waals surface area contributed by atoms with Crippen LogP contribution in [0.2, 0.25) is 0 Å². The molecule has 0 aliphatic rings. The quantitative estimate of drug-likeness (QED) is 0.812. The Balaban J connectivity index is 2.87. The molecule has 124 valence electrons. The molecule has 0 spiro atoms. The van der Waals surface area contributed by atoms with Crippen LogP contribution in [0.15, 0.2) is 12.1 Å². The molecule has 1 aromatic rings. The molecular weight excluding hydrogens is 290 g/mol. The van der Waals surface area contributed by atoms with E-state index >= 15 is 0 Å². The summed E-state index contributed by atoms with van der Waals surface area (Å²) in [4.78, 5) is 12.2. The minimum Gasteiger partial charge on any atom is -0.434 e. The molecule has 0 aliphatic heterocycles. The maximum absolute atomic E-state index is 12.4. The zero-order valence-electron chi connectivity index (χ0n) is 13.5. The topological polar surface area (TPSA) is 64.3 Å². The van der Waals surface area contributed by atoms with Gasteiger partial charge in [-0.25, -0.2) is 0 Å². The molecule has 0 unspecified atom stereocenters. The number of nitrogens with two attached hydrogens (primary N) is 1. The van der Waals surface area contributed by atoms with Gasteiger partial charge in [-0.3, -0.25) is 4.79 Å². The number of aryl methyl sites for hydroxylation is 2. The number of amides is 1. The van der Waals surface area contributed by atoms with Crippen molar-refractivity contribution < 1.29 is 18.3 Å². The molecule has 1 amide bonds. The van der Waals surface area contributed by atoms with Crippen molar-refractivity contribution in [1.29, 1.82) is 0 Å². The van der Waals surface area contributed by atoms with Crippen molar-refractivity contribution in [3.8, 4) is 5.75 Å². The average molecular weight is 314 g/mol. The van der Waals surface area contributed by atoms with Crippen LogP contribution in [0.25, 0.3) is 0 Å². The lowest BCUT2D eigenvalue weighted by molar-refractivity contribution is -0.0507. The molecule has 1 rings (SSSR count). The third-order valence-electron chi connectivity index (χ3n) is 3.94. The van der Waals surface area contributed by atoms with E-state index in [0.29, 0.717) is 23.2 Å². The maximum atomic E-state index is 12.4. The molecule has 0 aliphatic carbocycles. The lowest BCUT2D eigenvalue weighted by Crippen LogP contribution is -2.49. The Morgan fingerprint density at radius 3 is 2.18 bits per heavy atom. The molecule has 1 aromatic carbocycles. The fourth-order valence-electron chi connectivity index (χ4n) is 2.21. The van der Waals surface area contributed by atoms with Crippen LogP contribution in [0.4, 0.5) is 8.78 Å². The number of nitrogens with one attached hydrogen (secondary N) is 1. The normalized spacial score (nSPS) is 11.6. The molecule has 0 saturated carbocycles. The second-order valence-corrected chi connectivity index (χ2v) is 5.57. The van der Waals surface area contributed by atoms with Crippen LogP contribution < -0.4 is 15.8 Å². The highest BCUT2D eigenvalue weighted by molar-refractivity contribution is 5.95. The highest BCUT2D eigenvalue weighted by atomic mass is 19.3. The Morgan fingerprint density at radius 1 is 1.27 bits per heavy atom. The average Bonchev–Trinajstić information content (AvgIpc) is 2.47. The molecule has 0 bridgehead atoms. The van der Waals surface area contributed by atoms with Gasteiger partial charge < -0.3 is 15.8 Å². The van der Waals surface area contributed by atoms with Crippen LogP contribution >= 0.6 is 0 Å². The van der Waals surface area contributed by atoms with Gasteiger partial charge in [0.1, 0.15) is 5.75 Å². The molecule has 0 aromatic heterocycles. The molecule has 6 heteroatoms. The van der Waals surface area contributed by atoms with Crippen LogP contribution in [0.5, 0.6) is 5.75 Å². The first-order valence-electron chi connectivity index (χ1n) is 7.35. The minimum atomic E-state index is -2.89. The second-order valence-electron chi connectivity index (χ2n) is 5.57. The molecular formula is C16H24F2N2O2. The number of benzene rings is 1. The van der Waals surface area contributed by atoms with Crippen LogP contribution in [0.3, 0.4) is 0 Å². The standard InChI is InChI=1S/C16H24F2N2O2/c1-5-16(19,6-2)9-20-14(21)12-7-10(3)13(11(4)8-12)22-15(17)18/h7-8,15H,5-6,9,19H2,1-4H3,(H,20,21). The van der Waals surface area contributed by atoms with Crippen LogP contribution in [-0.2, 0) is 0 Å². The molecule has 22 heavy (non-hydrogen) atoms. The van der Waals surface area contributed by atoms with E-state index in [9.17, 15) is 13.6 Å². The number of carbonyl (C=O) groups excluding carboxylic acids is 1. The summed E-state index contributed by atoms with van der Waals surface area (Å²) >= 11 is 0. The van der Waals surface area contributed by atoms with Gasteiger partial charge in [-0.2, -0.15) is 8.78 Å². The van der Waals surface area contributed by atoms with Crippen LogP contribution in [-0.4, -0.2) is 24.6 Å². The molecule has 3 N–H and O–H groups in total. The number of halogens is 2. The van der Waals surface area contributed by atoms with Gasteiger partial charge in [-0.15, -0.1) is 0 Å². The molecule has 0 radical (unpaired) electrons. The fourth-order valence-corrected chi connectivity index (χ4v) is 2.21. The number of hydrogen-bond acceptors (Lipinski definition) is 3. The number of rotatable bonds is 7. The molecule has 4 nitrogen and oxygen atoms in total. The summed E-state index contributed by atoms with van der Waals surface area (Å²) in [5.74, 6) is -0.159. The first-order chi connectivity index (χ1) is 10.2. The van der Waals surface area contributed by atoms with E-state index in [1.54, 1.807) is 13.8 Å². The number of hydrogen-bond donors (Lipinski definition) is 2. The van der Waals surface area contributed by atoms with E-state index < -0.39 is 12.2 Å². The predicted molar refractivity (Wildman–Crippen MR) is 82.4 cm³/mol. The van der Waals surface area contributed by atoms with Crippen LogP contribution in [0, 0.1) is 13.8 Å². The van der Waals surface area contributed by atoms with Crippen molar-refractivity contribution in [2.24, 2.45) is 5.73 Å². The highest BCUT2D eigenvalue weighted by Gasteiger charge is 2.22. The molecule has 0 saturated heterocycles. The third-order valence-corrected chi connectivity index (χ3v) is 3.94. The summed E-state index contributed by atoms with van der Waals surface area (Å²) in [5, 5.41) is 2.80. The Bertz CT molecular complexity index is 506. The van der Waals surface area contributed by atoms with Gasteiger partial charge in [0, 0.05) is 17.6 Å².